The molecule has 0 unspecified atom stereocenters. The van der Waals surface area contributed by atoms with Gasteiger partial charge in [0.25, 0.3) is 0 Å². The highest BCUT2D eigenvalue weighted by atomic mass is 32.2. The molecule has 10 nitrogen and oxygen atoms in total. The number of aryl methyl sites for hydroxylation is 1. The number of carboxylic acids is 1. The molecule has 168 valence electrons. The quantitative estimate of drug-likeness (QED) is 0.149. The summed E-state index contributed by atoms with van der Waals surface area (Å²) in [6.07, 6.45) is 2.59. The molecule has 11 heteroatoms. The zero-order chi connectivity index (χ0) is 23.4. The summed E-state index contributed by atoms with van der Waals surface area (Å²) in [4.78, 5) is 40.0. The van der Waals surface area contributed by atoms with E-state index in [0.29, 0.717) is 29.0 Å². The predicted octanol–water partition coefficient (Wildman–Crippen LogP) is 3.07. The first-order chi connectivity index (χ1) is 15.9. The van der Waals surface area contributed by atoms with Crippen molar-refractivity contribution in [2.24, 2.45) is 0 Å². The molecule has 1 amide bonds. The summed E-state index contributed by atoms with van der Waals surface area (Å²) in [7, 11) is 0. The smallest absolute Gasteiger partial charge is 0.339 e. The highest BCUT2D eigenvalue weighted by Gasteiger charge is 2.24. The molecule has 33 heavy (non-hydrogen) atoms. The van der Waals surface area contributed by atoms with Gasteiger partial charge in [0.05, 0.1) is 11.6 Å². The average Bonchev–Trinajstić information content (AvgIpc) is 3.26. The molecule has 0 saturated carbocycles. The number of anilines is 2. The maximum Gasteiger partial charge on any atom is 0.339 e. The van der Waals surface area contributed by atoms with Gasteiger partial charge in [0, 0.05) is 5.69 Å². The third-order valence-electron chi connectivity index (χ3n) is 4.85. The number of thioether (sulfide) groups is 1. The Balaban J connectivity index is 1.60. The molecule has 2 aromatic heterocycles. The molecule has 0 aliphatic rings. The van der Waals surface area contributed by atoms with Crippen LogP contribution in [0.2, 0.25) is 0 Å². The van der Waals surface area contributed by atoms with E-state index in [-0.39, 0.29) is 28.9 Å². The van der Waals surface area contributed by atoms with E-state index in [1.165, 1.54) is 36.3 Å². The Bertz CT molecular complexity index is 1310. The van der Waals surface area contributed by atoms with Crippen molar-refractivity contribution in [1.29, 1.82) is 0 Å². The summed E-state index contributed by atoms with van der Waals surface area (Å²) in [5.74, 6) is -1.97. The van der Waals surface area contributed by atoms with Crippen LogP contribution in [0.1, 0.15) is 22.3 Å². The van der Waals surface area contributed by atoms with Crippen molar-refractivity contribution >= 4 is 46.4 Å². The molecule has 2 heterocycles. The number of rotatable bonds is 8. The first-order valence-electron chi connectivity index (χ1n) is 9.95. The van der Waals surface area contributed by atoms with Gasteiger partial charge in [-0.15, -0.1) is 0 Å². The van der Waals surface area contributed by atoms with Crippen LogP contribution in [0, 0.1) is 0 Å². The fraction of sp³-hybridized carbons (Fsp3) is 0.136. The van der Waals surface area contributed by atoms with Crippen molar-refractivity contribution in [1.82, 2.24) is 19.9 Å². The minimum absolute atomic E-state index is 0.0453. The molecule has 0 bridgehead atoms. The lowest BCUT2D eigenvalue weighted by atomic mass is 10.1. The van der Waals surface area contributed by atoms with Gasteiger partial charge in [-0.25, -0.2) is 14.8 Å². The van der Waals surface area contributed by atoms with E-state index in [4.69, 9.17) is 5.73 Å². The minimum Gasteiger partial charge on any atom is -0.507 e. The second-order valence-electron chi connectivity index (χ2n) is 7.15. The molecule has 0 aliphatic heterocycles. The lowest BCUT2D eigenvalue weighted by Crippen LogP contribution is -2.26. The topological polar surface area (TPSA) is 167 Å². The number of hydrogen-bond acceptors (Lipinski definition) is 8. The minimum atomic E-state index is -1.29. The third-order valence-corrected chi connectivity index (χ3v) is 6.10. The number of carbonyl (C=O) groups excluding carboxylic acids is 1. The van der Waals surface area contributed by atoms with Crippen molar-refractivity contribution < 1.29 is 19.8 Å². The van der Waals surface area contributed by atoms with Gasteiger partial charge in [-0.2, -0.15) is 4.98 Å². The van der Waals surface area contributed by atoms with Crippen LogP contribution in [0.15, 0.2) is 59.9 Å². The Labute approximate surface area is 192 Å². The monoisotopic (exact) mass is 464 g/mol. The number of carbonyl (C=O) groups is 2. The van der Waals surface area contributed by atoms with E-state index in [1.807, 2.05) is 30.3 Å². The maximum absolute atomic E-state index is 13.2. The van der Waals surface area contributed by atoms with E-state index in [9.17, 15) is 19.8 Å². The highest BCUT2D eigenvalue weighted by Crippen LogP contribution is 2.31. The van der Waals surface area contributed by atoms with Crippen LogP contribution < -0.4 is 11.1 Å². The van der Waals surface area contributed by atoms with E-state index in [0.717, 1.165) is 5.56 Å². The molecule has 0 fully saturated rings. The van der Waals surface area contributed by atoms with Crippen molar-refractivity contribution in [3.8, 4) is 5.75 Å². The number of hydrogen-bond donors (Lipinski definition) is 5. The maximum atomic E-state index is 13.2. The standard InChI is InChI=1S/C22H20N6O4S/c23-22-27-18-17(24-11-25-18)20(28-22)33-16(9-6-12-4-2-1-3-5-12)19(30)26-13-7-8-15(29)14(10-13)21(31)32/h1-5,7-8,10-11,16,29H,6,9H2,(H,26,30)(H,31,32)(H3,23,24,25,27,28)/t16-/m1/s1. The summed E-state index contributed by atoms with van der Waals surface area (Å²) in [5, 5.41) is 21.6. The molecule has 0 aliphatic carbocycles. The SMILES string of the molecule is Nc1nc(S[C@H](CCc2ccccc2)C(=O)Nc2ccc(O)c(C(=O)O)c2)c2[nH]cnc2n1. The van der Waals surface area contributed by atoms with Crippen LogP contribution in [0.4, 0.5) is 11.6 Å². The molecule has 2 aromatic carbocycles. The second-order valence-corrected chi connectivity index (χ2v) is 8.34. The third kappa shape index (κ3) is 5.21. The number of H-pyrrole nitrogens is 1. The van der Waals surface area contributed by atoms with Crippen LogP contribution in [0.3, 0.4) is 0 Å². The number of aromatic amines is 1. The normalized spacial score (nSPS) is 11.9. The number of phenols is 1. The number of carboxylic acid groups (broad SMARTS) is 1. The van der Waals surface area contributed by atoms with Gasteiger partial charge in [0.2, 0.25) is 11.9 Å². The largest absolute Gasteiger partial charge is 0.507 e. The van der Waals surface area contributed by atoms with Crippen LogP contribution in [0.25, 0.3) is 11.2 Å². The first-order valence-corrected chi connectivity index (χ1v) is 10.8. The summed E-state index contributed by atoms with van der Waals surface area (Å²) in [6.45, 7) is 0. The Morgan fingerprint density at radius 1 is 1.15 bits per heavy atom. The van der Waals surface area contributed by atoms with Crippen molar-refractivity contribution in [2.75, 3.05) is 11.1 Å². The zero-order valence-corrected chi connectivity index (χ0v) is 18.0. The number of nitrogens with two attached hydrogens (primary N) is 1. The van der Waals surface area contributed by atoms with Crippen LogP contribution in [-0.2, 0) is 11.2 Å². The van der Waals surface area contributed by atoms with Gasteiger partial charge in [-0.05, 0) is 36.6 Å². The first kappa shape index (κ1) is 22.1. The number of aromatic hydroxyl groups is 1. The zero-order valence-electron chi connectivity index (χ0n) is 17.2. The molecule has 0 spiro atoms. The average molecular weight is 465 g/mol. The number of aromatic nitrogens is 4. The molecular formula is C22H20N6O4S. The lowest BCUT2D eigenvalue weighted by Gasteiger charge is -2.17. The fourth-order valence-electron chi connectivity index (χ4n) is 3.24. The number of nitrogen functional groups attached to an aromatic ring is 1. The van der Waals surface area contributed by atoms with Gasteiger partial charge in [0.15, 0.2) is 5.65 Å². The molecule has 0 saturated heterocycles. The predicted molar refractivity (Wildman–Crippen MR) is 124 cm³/mol. The number of fused-ring (bicyclic) bond motifs is 1. The summed E-state index contributed by atoms with van der Waals surface area (Å²) in [6, 6.07) is 13.6. The Hall–Kier alpha value is -4.12. The van der Waals surface area contributed by atoms with Crippen molar-refractivity contribution in [3.05, 3.63) is 66.0 Å². The van der Waals surface area contributed by atoms with Gasteiger partial charge in [-0.1, -0.05) is 42.1 Å². The highest BCUT2D eigenvalue weighted by molar-refractivity contribution is 8.00. The van der Waals surface area contributed by atoms with Gasteiger partial charge >= 0.3 is 5.97 Å². The molecule has 0 radical (unpaired) electrons. The van der Waals surface area contributed by atoms with Crippen molar-refractivity contribution in [3.63, 3.8) is 0 Å². The fourth-order valence-corrected chi connectivity index (χ4v) is 4.32. The summed E-state index contributed by atoms with van der Waals surface area (Å²) < 4.78 is 0. The van der Waals surface area contributed by atoms with E-state index < -0.39 is 11.2 Å². The van der Waals surface area contributed by atoms with Crippen molar-refractivity contribution in [2.45, 2.75) is 23.1 Å². The number of aromatic carboxylic acids is 1. The van der Waals surface area contributed by atoms with Gasteiger partial charge in [-0.3, -0.25) is 4.79 Å². The number of nitrogens with zero attached hydrogens (tertiary/aromatic N) is 3. The molecule has 1 atom stereocenters. The lowest BCUT2D eigenvalue weighted by molar-refractivity contribution is -0.115. The summed E-state index contributed by atoms with van der Waals surface area (Å²) >= 11 is 1.22. The van der Waals surface area contributed by atoms with Crippen LogP contribution >= 0.6 is 11.8 Å². The van der Waals surface area contributed by atoms with E-state index in [2.05, 4.69) is 25.3 Å². The molecular weight excluding hydrogens is 444 g/mol. The van der Waals surface area contributed by atoms with Crippen LogP contribution in [0.5, 0.6) is 5.75 Å². The number of benzene rings is 2. The number of imidazole rings is 1. The van der Waals surface area contributed by atoms with E-state index in [1.54, 1.807) is 0 Å². The number of amides is 1. The van der Waals surface area contributed by atoms with Gasteiger partial charge in [0.1, 0.15) is 21.9 Å². The second kappa shape index (κ2) is 9.57. The Morgan fingerprint density at radius 3 is 2.70 bits per heavy atom. The van der Waals surface area contributed by atoms with E-state index >= 15 is 0 Å². The molecule has 6 N–H and O–H groups in total. The van der Waals surface area contributed by atoms with Crippen LogP contribution in [-0.4, -0.2) is 47.3 Å². The Kier molecular flexibility index (Phi) is 6.41. The molecule has 4 rings (SSSR count). The number of nitrogens with one attached hydrogen (secondary N) is 2. The summed E-state index contributed by atoms with van der Waals surface area (Å²) in [5.41, 5.74) is 7.82. The molecule has 4 aromatic rings. The van der Waals surface area contributed by atoms with Gasteiger partial charge < -0.3 is 26.2 Å². The Morgan fingerprint density at radius 2 is 1.94 bits per heavy atom.